The SMILES string of the molecule is C=C1C(=O)C23C(O)C1CCC2C12COC3(O)C(O)C1C(C)(C)CCC2=O. The zero-order valence-electron chi connectivity index (χ0n) is 15.2. The molecule has 6 rings (SSSR count). The van der Waals surface area contributed by atoms with E-state index < -0.39 is 52.4 Å². The molecule has 6 fully saturated rings. The molecule has 4 saturated carbocycles. The summed E-state index contributed by atoms with van der Waals surface area (Å²) >= 11 is 0. The number of rotatable bonds is 0. The monoisotopic (exact) mass is 362 g/mol. The van der Waals surface area contributed by atoms with Gasteiger partial charge in [-0.1, -0.05) is 20.4 Å². The minimum Gasteiger partial charge on any atom is -0.391 e. The first-order valence-electron chi connectivity index (χ1n) is 9.56. The van der Waals surface area contributed by atoms with E-state index in [9.17, 15) is 24.9 Å². The van der Waals surface area contributed by atoms with Crippen molar-refractivity contribution in [2.75, 3.05) is 6.61 Å². The molecule has 6 aliphatic rings. The van der Waals surface area contributed by atoms with E-state index in [2.05, 4.69) is 6.58 Å². The van der Waals surface area contributed by atoms with Gasteiger partial charge < -0.3 is 20.1 Å². The van der Waals surface area contributed by atoms with Crippen LogP contribution in [0.2, 0.25) is 0 Å². The second-order valence-corrected chi connectivity index (χ2v) is 9.76. The number of hydrogen-bond acceptors (Lipinski definition) is 6. The van der Waals surface area contributed by atoms with Gasteiger partial charge in [0.1, 0.15) is 17.3 Å². The van der Waals surface area contributed by atoms with Gasteiger partial charge in [0.05, 0.1) is 18.1 Å². The Morgan fingerprint density at radius 1 is 1.15 bits per heavy atom. The molecule has 4 aliphatic carbocycles. The highest BCUT2D eigenvalue weighted by atomic mass is 16.6. The van der Waals surface area contributed by atoms with Crippen molar-refractivity contribution in [2.24, 2.45) is 34.0 Å². The molecule has 0 aromatic carbocycles. The number of carbonyl (C=O) groups excluding carboxylic acids is 2. The van der Waals surface area contributed by atoms with Crippen molar-refractivity contribution in [1.82, 2.24) is 0 Å². The summed E-state index contributed by atoms with van der Waals surface area (Å²) in [4.78, 5) is 26.6. The number of Topliss-reactive ketones (excluding diaryl/α,β-unsaturated/α-hetero) is 2. The fourth-order valence-corrected chi connectivity index (χ4v) is 7.63. The molecule has 0 aromatic rings. The zero-order chi connectivity index (χ0) is 18.9. The molecule has 0 aromatic heterocycles. The van der Waals surface area contributed by atoms with E-state index in [0.717, 1.165) is 0 Å². The molecule has 26 heavy (non-hydrogen) atoms. The van der Waals surface area contributed by atoms with E-state index in [0.29, 0.717) is 25.7 Å². The van der Waals surface area contributed by atoms with Crippen LogP contribution in [0, 0.1) is 34.0 Å². The maximum Gasteiger partial charge on any atom is 0.208 e. The van der Waals surface area contributed by atoms with Crippen LogP contribution < -0.4 is 0 Å². The second kappa shape index (κ2) is 4.49. The van der Waals surface area contributed by atoms with Gasteiger partial charge >= 0.3 is 0 Å². The summed E-state index contributed by atoms with van der Waals surface area (Å²) in [7, 11) is 0. The van der Waals surface area contributed by atoms with Crippen LogP contribution in [-0.4, -0.2) is 51.5 Å². The number of ether oxygens (including phenoxy) is 1. The molecule has 2 aliphatic heterocycles. The van der Waals surface area contributed by atoms with Crippen molar-refractivity contribution in [3.05, 3.63) is 12.2 Å². The lowest BCUT2D eigenvalue weighted by atomic mass is 9.36. The number of aliphatic hydroxyl groups is 3. The van der Waals surface area contributed by atoms with E-state index in [1.54, 1.807) is 0 Å². The van der Waals surface area contributed by atoms with E-state index in [-0.39, 0.29) is 23.4 Å². The highest BCUT2D eigenvalue weighted by Crippen LogP contribution is 2.75. The van der Waals surface area contributed by atoms with Crippen molar-refractivity contribution >= 4 is 11.6 Å². The summed E-state index contributed by atoms with van der Waals surface area (Å²) in [5.41, 5.74) is -2.83. The lowest BCUT2D eigenvalue weighted by Gasteiger charge is -2.72. The topological polar surface area (TPSA) is 104 Å². The highest BCUT2D eigenvalue weighted by Gasteiger charge is 2.87. The van der Waals surface area contributed by atoms with Crippen LogP contribution in [-0.2, 0) is 14.3 Å². The molecule has 6 heteroatoms. The summed E-state index contributed by atoms with van der Waals surface area (Å²) in [6, 6.07) is 0. The molecule has 2 spiro atoms. The summed E-state index contributed by atoms with van der Waals surface area (Å²) in [6.45, 7) is 7.86. The van der Waals surface area contributed by atoms with Crippen molar-refractivity contribution in [3.63, 3.8) is 0 Å². The molecule has 8 atom stereocenters. The molecular weight excluding hydrogens is 336 g/mol. The molecule has 6 nitrogen and oxygen atoms in total. The van der Waals surface area contributed by atoms with Crippen LogP contribution in [0.1, 0.15) is 39.5 Å². The van der Waals surface area contributed by atoms with E-state index in [1.165, 1.54) is 0 Å². The first-order valence-corrected chi connectivity index (χ1v) is 9.56. The van der Waals surface area contributed by atoms with Crippen molar-refractivity contribution in [3.8, 4) is 0 Å². The lowest BCUT2D eigenvalue weighted by molar-refractivity contribution is -0.437. The second-order valence-electron chi connectivity index (χ2n) is 9.76. The Hall–Kier alpha value is -1.08. The van der Waals surface area contributed by atoms with Crippen LogP contribution in [0.25, 0.3) is 0 Å². The van der Waals surface area contributed by atoms with Crippen molar-refractivity contribution < 1.29 is 29.6 Å². The average molecular weight is 362 g/mol. The van der Waals surface area contributed by atoms with Gasteiger partial charge in [-0.2, -0.15) is 0 Å². The highest BCUT2D eigenvalue weighted by molar-refractivity contribution is 6.06. The van der Waals surface area contributed by atoms with Crippen LogP contribution in [0.4, 0.5) is 0 Å². The Bertz CT molecular complexity index is 757. The van der Waals surface area contributed by atoms with Crippen LogP contribution >= 0.6 is 0 Å². The fraction of sp³-hybridized carbons (Fsp3) is 0.800. The summed E-state index contributed by atoms with van der Waals surface area (Å²) in [6.07, 6.45) is -0.502. The van der Waals surface area contributed by atoms with Crippen molar-refractivity contribution in [2.45, 2.75) is 57.5 Å². The van der Waals surface area contributed by atoms with Gasteiger partial charge in [-0.25, -0.2) is 0 Å². The first-order chi connectivity index (χ1) is 12.1. The van der Waals surface area contributed by atoms with E-state index >= 15 is 0 Å². The van der Waals surface area contributed by atoms with Gasteiger partial charge in [0.25, 0.3) is 0 Å². The Morgan fingerprint density at radius 2 is 1.85 bits per heavy atom. The largest absolute Gasteiger partial charge is 0.391 e. The maximum absolute atomic E-state index is 13.3. The van der Waals surface area contributed by atoms with Crippen LogP contribution in [0.15, 0.2) is 12.2 Å². The third kappa shape index (κ3) is 1.36. The molecule has 8 unspecified atom stereocenters. The van der Waals surface area contributed by atoms with Gasteiger partial charge in [0, 0.05) is 18.3 Å². The smallest absolute Gasteiger partial charge is 0.208 e. The molecule has 3 N–H and O–H groups in total. The van der Waals surface area contributed by atoms with Gasteiger partial charge in [-0.15, -0.1) is 0 Å². The Kier molecular flexibility index (Phi) is 2.94. The molecular formula is C20H26O6. The predicted octanol–water partition coefficient (Wildman–Crippen LogP) is 0.584. The predicted molar refractivity (Wildman–Crippen MR) is 89.7 cm³/mol. The normalized spacial score (nSPS) is 57.1. The van der Waals surface area contributed by atoms with Gasteiger partial charge in [-0.3, -0.25) is 9.59 Å². The fourth-order valence-electron chi connectivity index (χ4n) is 7.63. The Morgan fingerprint density at radius 3 is 2.54 bits per heavy atom. The average Bonchev–Trinajstić information content (AvgIpc) is 2.69. The number of ketones is 2. The summed E-state index contributed by atoms with van der Waals surface area (Å²) in [5, 5.41) is 33.9. The van der Waals surface area contributed by atoms with Gasteiger partial charge in [0.2, 0.25) is 5.79 Å². The standard InChI is InChI=1S/C20H26O6/c1-9-10-4-5-11-18-8-26-20(25,19(11,14(9)22)15(10)23)16(24)13(18)17(2,3)7-6-12(18)21/h10-11,13,15-16,23-25H,1,4-8H2,2-3H3. The van der Waals surface area contributed by atoms with Crippen molar-refractivity contribution in [1.29, 1.82) is 0 Å². The van der Waals surface area contributed by atoms with E-state index in [1.807, 2.05) is 13.8 Å². The molecule has 142 valence electrons. The minimum absolute atomic E-state index is 0.00293. The molecule has 4 bridgehead atoms. The lowest BCUT2D eigenvalue weighted by Crippen LogP contribution is -2.85. The molecule has 2 heterocycles. The Balaban J connectivity index is 1.83. The number of aliphatic hydroxyl groups excluding tert-OH is 2. The zero-order valence-corrected chi connectivity index (χ0v) is 15.2. The quantitative estimate of drug-likeness (QED) is 0.545. The van der Waals surface area contributed by atoms with E-state index in [4.69, 9.17) is 4.74 Å². The maximum atomic E-state index is 13.3. The van der Waals surface area contributed by atoms with Gasteiger partial charge in [0.15, 0.2) is 5.78 Å². The molecule has 2 saturated heterocycles. The number of fused-ring (bicyclic) bond motifs is 2. The summed E-state index contributed by atoms with van der Waals surface area (Å²) in [5.74, 6) is -4.12. The van der Waals surface area contributed by atoms with Crippen LogP contribution in [0.5, 0.6) is 0 Å². The van der Waals surface area contributed by atoms with Crippen LogP contribution in [0.3, 0.4) is 0 Å². The summed E-state index contributed by atoms with van der Waals surface area (Å²) < 4.78 is 5.74. The molecule has 0 amide bonds. The third-order valence-electron chi connectivity index (χ3n) is 8.65. The number of carbonyl (C=O) groups is 2. The van der Waals surface area contributed by atoms with Gasteiger partial charge in [-0.05, 0) is 36.2 Å². The first kappa shape index (κ1) is 17.0. The third-order valence-corrected chi connectivity index (χ3v) is 8.65. The molecule has 0 radical (unpaired) electrons. The Labute approximate surface area is 152 Å². The number of hydrogen-bond donors (Lipinski definition) is 3. The minimum atomic E-state index is -2.19.